The van der Waals surface area contributed by atoms with Crippen LogP contribution >= 0.6 is 0 Å². The number of rotatable bonds is 8. The zero-order valence-corrected chi connectivity index (χ0v) is 11.4. The topological polar surface area (TPSA) is 57.6 Å². The molecule has 1 aromatic carbocycles. The summed E-state index contributed by atoms with van der Waals surface area (Å²) in [6, 6.07) is 7.91. The van der Waals surface area contributed by atoms with E-state index < -0.39 is 0 Å². The van der Waals surface area contributed by atoms with Gasteiger partial charge in [0.15, 0.2) is 0 Å². The van der Waals surface area contributed by atoms with Gasteiger partial charge in [-0.1, -0.05) is 25.1 Å². The quantitative estimate of drug-likeness (QED) is 0.744. The normalized spacial score (nSPS) is 11.3. The van der Waals surface area contributed by atoms with Crippen molar-refractivity contribution in [2.24, 2.45) is 5.73 Å². The first-order valence-electron chi connectivity index (χ1n) is 6.71. The largest absolute Gasteiger partial charge is 0.458 e. The van der Waals surface area contributed by atoms with E-state index in [1.165, 1.54) is 0 Å². The number of nitrogens with two attached hydrogens (primary N) is 1. The third-order valence-electron chi connectivity index (χ3n) is 2.94. The number of fused-ring (bicyclic) bond motifs is 1. The van der Waals surface area contributed by atoms with Crippen molar-refractivity contribution < 1.29 is 13.9 Å². The molecule has 0 atom stereocenters. The summed E-state index contributed by atoms with van der Waals surface area (Å²) in [7, 11) is 0. The number of furan rings is 1. The third kappa shape index (κ3) is 3.56. The Hall–Kier alpha value is -1.36. The van der Waals surface area contributed by atoms with Crippen molar-refractivity contribution in [2.75, 3.05) is 19.8 Å². The summed E-state index contributed by atoms with van der Waals surface area (Å²) in [5, 5.41) is 1.07. The SMILES string of the molecule is CCCOCCOCc1oc2ccccc2c1CN. The van der Waals surface area contributed by atoms with Gasteiger partial charge in [0.25, 0.3) is 0 Å². The van der Waals surface area contributed by atoms with E-state index >= 15 is 0 Å². The Morgan fingerprint density at radius 1 is 1.11 bits per heavy atom. The number of benzene rings is 1. The predicted octanol–water partition coefficient (Wildman–Crippen LogP) is 2.83. The lowest BCUT2D eigenvalue weighted by Crippen LogP contribution is -2.06. The predicted molar refractivity (Wildman–Crippen MR) is 74.9 cm³/mol. The highest BCUT2D eigenvalue weighted by Crippen LogP contribution is 2.25. The minimum atomic E-state index is 0.441. The maximum absolute atomic E-state index is 5.79. The van der Waals surface area contributed by atoms with Crippen LogP contribution in [-0.4, -0.2) is 19.8 Å². The molecule has 104 valence electrons. The molecule has 0 radical (unpaired) electrons. The Kier molecular flexibility index (Phi) is 5.39. The fraction of sp³-hybridized carbons (Fsp3) is 0.467. The van der Waals surface area contributed by atoms with E-state index in [2.05, 4.69) is 6.92 Å². The highest BCUT2D eigenvalue weighted by atomic mass is 16.5. The lowest BCUT2D eigenvalue weighted by molar-refractivity contribution is 0.0351. The second kappa shape index (κ2) is 7.28. The first-order valence-corrected chi connectivity index (χ1v) is 6.71. The molecule has 2 N–H and O–H groups in total. The molecule has 0 aliphatic carbocycles. The van der Waals surface area contributed by atoms with Crippen LogP contribution in [0, 0.1) is 0 Å². The van der Waals surface area contributed by atoms with Gasteiger partial charge in [-0.05, 0) is 12.5 Å². The van der Waals surface area contributed by atoms with Gasteiger partial charge in [-0.15, -0.1) is 0 Å². The van der Waals surface area contributed by atoms with Gasteiger partial charge in [0, 0.05) is 24.1 Å². The van der Waals surface area contributed by atoms with Gasteiger partial charge in [0.05, 0.1) is 13.2 Å². The van der Waals surface area contributed by atoms with Crippen molar-refractivity contribution in [3.8, 4) is 0 Å². The molecule has 0 aliphatic rings. The second-order valence-corrected chi connectivity index (χ2v) is 4.37. The van der Waals surface area contributed by atoms with Crippen LogP contribution in [0.2, 0.25) is 0 Å². The van der Waals surface area contributed by atoms with E-state index in [1.54, 1.807) is 0 Å². The Bertz CT molecular complexity index is 507. The molecule has 2 aromatic rings. The second-order valence-electron chi connectivity index (χ2n) is 4.37. The summed E-state index contributed by atoms with van der Waals surface area (Å²) in [5.74, 6) is 0.819. The number of para-hydroxylation sites is 1. The minimum absolute atomic E-state index is 0.441. The highest BCUT2D eigenvalue weighted by molar-refractivity contribution is 5.82. The maximum atomic E-state index is 5.79. The summed E-state index contributed by atoms with van der Waals surface area (Å²) in [4.78, 5) is 0. The Balaban J connectivity index is 1.93. The smallest absolute Gasteiger partial charge is 0.135 e. The Labute approximate surface area is 113 Å². The van der Waals surface area contributed by atoms with E-state index in [1.807, 2.05) is 24.3 Å². The molecule has 0 saturated carbocycles. The van der Waals surface area contributed by atoms with E-state index in [0.29, 0.717) is 26.4 Å². The third-order valence-corrected chi connectivity index (χ3v) is 2.94. The first-order chi connectivity index (χ1) is 9.36. The van der Waals surface area contributed by atoms with Gasteiger partial charge in [0.1, 0.15) is 18.0 Å². The number of ether oxygens (including phenoxy) is 2. The average Bonchev–Trinajstić information content (AvgIpc) is 2.80. The zero-order valence-electron chi connectivity index (χ0n) is 11.4. The lowest BCUT2D eigenvalue weighted by atomic mass is 10.1. The fourth-order valence-electron chi connectivity index (χ4n) is 2.02. The molecule has 1 aromatic heterocycles. The van der Waals surface area contributed by atoms with Crippen LogP contribution in [-0.2, 0) is 22.6 Å². The van der Waals surface area contributed by atoms with Crippen LogP contribution < -0.4 is 5.73 Å². The molecule has 0 fully saturated rings. The van der Waals surface area contributed by atoms with Crippen molar-refractivity contribution in [2.45, 2.75) is 26.5 Å². The van der Waals surface area contributed by atoms with Crippen LogP contribution in [0.4, 0.5) is 0 Å². The van der Waals surface area contributed by atoms with E-state index in [4.69, 9.17) is 19.6 Å². The van der Waals surface area contributed by atoms with Gasteiger partial charge in [-0.25, -0.2) is 0 Å². The van der Waals surface area contributed by atoms with Crippen molar-refractivity contribution in [3.63, 3.8) is 0 Å². The molecule has 19 heavy (non-hydrogen) atoms. The number of hydrogen-bond acceptors (Lipinski definition) is 4. The van der Waals surface area contributed by atoms with Crippen molar-refractivity contribution >= 4 is 11.0 Å². The Morgan fingerprint density at radius 2 is 1.89 bits per heavy atom. The summed E-state index contributed by atoms with van der Waals surface area (Å²) >= 11 is 0. The fourth-order valence-corrected chi connectivity index (χ4v) is 2.02. The highest BCUT2D eigenvalue weighted by Gasteiger charge is 2.12. The van der Waals surface area contributed by atoms with Crippen LogP contribution in [0.5, 0.6) is 0 Å². The molecular formula is C15H21NO3. The van der Waals surface area contributed by atoms with E-state index in [-0.39, 0.29) is 0 Å². The maximum Gasteiger partial charge on any atom is 0.135 e. The molecule has 1 heterocycles. The Morgan fingerprint density at radius 3 is 2.68 bits per heavy atom. The lowest BCUT2D eigenvalue weighted by Gasteiger charge is -2.04. The first kappa shape index (κ1) is 14.1. The van der Waals surface area contributed by atoms with Crippen LogP contribution in [0.3, 0.4) is 0 Å². The van der Waals surface area contributed by atoms with Gasteiger partial charge in [0.2, 0.25) is 0 Å². The standard InChI is InChI=1S/C15H21NO3/c1-2-7-17-8-9-18-11-15-13(10-16)12-5-3-4-6-14(12)19-15/h3-6H,2,7-11,16H2,1H3. The molecule has 0 saturated heterocycles. The molecule has 0 aliphatic heterocycles. The molecule has 0 spiro atoms. The number of hydrogen-bond donors (Lipinski definition) is 1. The van der Waals surface area contributed by atoms with Crippen LogP contribution in [0.25, 0.3) is 11.0 Å². The molecule has 4 nitrogen and oxygen atoms in total. The summed E-state index contributed by atoms with van der Waals surface area (Å²) in [5.41, 5.74) is 7.69. The summed E-state index contributed by atoms with van der Waals surface area (Å²) < 4.78 is 16.7. The zero-order chi connectivity index (χ0) is 13.5. The average molecular weight is 263 g/mol. The van der Waals surface area contributed by atoms with Gasteiger partial charge in [-0.2, -0.15) is 0 Å². The van der Waals surface area contributed by atoms with Gasteiger partial charge in [-0.3, -0.25) is 0 Å². The van der Waals surface area contributed by atoms with E-state index in [9.17, 15) is 0 Å². The summed E-state index contributed by atoms with van der Waals surface area (Å²) in [6.07, 6.45) is 1.03. The molecule has 0 amide bonds. The molecule has 0 unspecified atom stereocenters. The van der Waals surface area contributed by atoms with Crippen LogP contribution in [0.15, 0.2) is 28.7 Å². The van der Waals surface area contributed by atoms with Gasteiger partial charge >= 0.3 is 0 Å². The molecule has 2 rings (SSSR count). The van der Waals surface area contributed by atoms with Crippen molar-refractivity contribution in [1.82, 2.24) is 0 Å². The molecule has 4 heteroatoms. The van der Waals surface area contributed by atoms with Gasteiger partial charge < -0.3 is 19.6 Å². The molecule has 0 bridgehead atoms. The summed E-state index contributed by atoms with van der Waals surface area (Å²) in [6.45, 7) is 4.96. The monoisotopic (exact) mass is 263 g/mol. The van der Waals surface area contributed by atoms with Crippen LogP contribution in [0.1, 0.15) is 24.7 Å². The molecular weight excluding hydrogens is 242 g/mol. The van der Waals surface area contributed by atoms with Crippen molar-refractivity contribution in [3.05, 3.63) is 35.6 Å². The van der Waals surface area contributed by atoms with E-state index in [0.717, 1.165) is 35.3 Å². The van der Waals surface area contributed by atoms with Crippen molar-refractivity contribution in [1.29, 1.82) is 0 Å². The minimum Gasteiger partial charge on any atom is -0.458 e.